The number of carbonyl (C=O) groups is 1. The molecular formula is C10H12N2O2. The summed E-state index contributed by atoms with van der Waals surface area (Å²) in [6, 6.07) is 0. The van der Waals surface area contributed by atoms with Gasteiger partial charge in [0.15, 0.2) is 0 Å². The van der Waals surface area contributed by atoms with Crippen molar-refractivity contribution in [1.29, 1.82) is 0 Å². The lowest BCUT2D eigenvalue weighted by Gasteiger charge is -1.99. The van der Waals surface area contributed by atoms with E-state index in [9.17, 15) is 4.79 Å². The molecule has 3 rings (SSSR count). The molecule has 2 aliphatic rings. The summed E-state index contributed by atoms with van der Waals surface area (Å²) in [5.74, 6) is 1.12. The van der Waals surface area contributed by atoms with Gasteiger partial charge in [0.2, 0.25) is 0 Å². The van der Waals surface area contributed by atoms with Gasteiger partial charge in [-0.3, -0.25) is 5.10 Å². The summed E-state index contributed by atoms with van der Waals surface area (Å²) in [5.41, 5.74) is 2.29. The normalized spacial score (nSPS) is 32.5. The number of hydrogen-bond donors (Lipinski definition) is 2. The maximum Gasteiger partial charge on any atom is 0.354 e. The molecule has 2 aliphatic carbocycles. The van der Waals surface area contributed by atoms with Crippen LogP contribution < -0.4 is 0 Å². The van der Waals surface area contributed by atoms with E-state index in [1.54, 1.807) is 0 Å². The van der Waals surface area contributed by atoms with Crippen LogP contribution in [0.3, 0.4) is 0 Å². The minimum atomic E-state index is -0.881. The average molecular weight is 192 g/mol. The van der Waals surface area contributed by atoms with Gasteiger partial charge in [-0.25, -0.2) is 4.79 Å². The molecule has 1 saturated carbocycles. The lowest BCUT2D eigenvalue weighted by Crippen LogP contribution is -2.02. The number of nitrogens with one attached hydrogen (secondary N) is 1. The molecular weight excluding hydrogens is 180 g/mol. The van der Waals surface area contributed by atoms with Crippen LogP contribution >= 0.6 is 0 Å². The number of carboxylic acid groups (broad SMARTS) is 1. The second-order valence-electron chi connectivity index (χ2n) is 4.23. The van der Waals surface area contributed by atoms with E-state index in [0.717, 1.165) is 23.6 Å². The summed E-state index contributed by atoms with van der Waals surface area (Å²) in [4.78, 5) is 10.8. The molecule has 0 aliphatic heterocycles. The molecule has 1 heterocycles. The van der Waals surface area contributed by atoms with E-state index in [1.165, 1.54) is 6.42 Å². The third-order valence-electron chi connectivity index (χ3n) is 3.67. The Morgan fingerprint density at radius 2 is 2.50 bits per heavy atom. The molecule has 4 nitrogen and oxygen atoms in total. The first-order valence-electron chi connectivity index (χ1n) is 5.04. The molecule has 2 N–H and O–H groups in total. The van der Waals surface area contributed by atoms with Crippen molar-refractivity contribution in [2.75, 3.05) is 0 Å². The average Bonchev–Trinajstić information content (AvgIpc) is 2.55. The van der Waals surface area contributed by atoms with Gasteiger partial charge in [0.1, 0.15) is 5.69 Å². The molecule has 0 spiro atoms. The van der Waals surface area contributed by atoms with Crippen molar-refractivity contribution in [3.63, 3.8) is 0 Å². The van der Waals surface area contributed by atoms with E-state index in [4.69, 9.17) is 5.11 Å². The maximum absolute atomic E-state index is 10.8. The third-order valence-corrected chi connectivity index (χ3v) is 3.67. The van der Waals surface area contributed by atoms with Crippen LogP contribution in [0.2, 0.25) is 0 Å². The zero-order valence-corrected chi connectivity index (χ0v) is 7.95. The minimum absolute atomic E-state index is 0.307. The fourth-order valence-corrected chi connectivity index (χ4v) is 2.96. The number of aromatic nitrogens is 2. The van der Waals surface area contributed by atoms with Gasteiger partial charge in [-0.2, -0.15) is 5.10 Å². The number of aromatic carboxylic acids is 1. The number of nitrogens with zero attached hydrogens (tertiary/aromatic N) is 1. The van der Waals surface area contributed by atoms with E-state index in [1.807, 2.05) is 0 Å². The van der Waals surface area contributed by atoms with Crippen molar-refractivity contribution in [3.05, 3.63) is 17.0 Å². The van der Waals surface area contributed by atoms with Crippen molar-refractivity contribution in [1.82, 2.24) is 10.2 Å². The Kier molecular flexibility index (Phi) is 1.36. The van der Waals surface area contributed by atoms with Crippen LogP contribution in [0.25, 0.3) is 0 Å². The zero-order valence-electron chi connectivity index (χ0n) is 7.95. The van der Waals surface area contributed by atoms with Crippen molar-refractivity contribution in [3.8, 4) is 0 Å². The van der Waals surface area contributed by atoms with E-state index < -0.39 is 5.97 Å². The second kappa shape index (κ2) is 2.38. The summed E-state index contributed by atoms with van der Waals surface area (Å²) in [6.45, 7) is 2.19. The van der Waals surface area contributed by atoms with Gasteiger partial charge in [0, 0.05) is 11.5 Å². The van der Waals surface area contributed by atoms with Crippen LogP contribution in [0.5, 0.6) is 0 Å². The van der Waals surface area contributed by atoms with Crippen molar-refractivity contribution in [2.45, 2.75) is 25.7 Å². The number of hydrogen-bond acceptors (Lipinski definition) is 2. The quantitative estimate of drug-likeness (QED) is 0.744. The van der Waals surface area contributed by atoms with Crippen LogP contribution in [-0.4, -0.2) is 21.3 Å². The molecule has 3 atom stereocenters. The fraction of sp³-hybridized carbons (Fsp3) is 0.600. The predicted molar refractivity (Wildman–Crippen MR) is 49.3 cm³/mol. The highest BCUT2D eigenvalue weighted by Crippen LogP contribution is 2.62. The number of fused-ring (bicyclic) bond motifs is 3. The number of aromatic amines is 1. The van der Waals surface area contributed by atoms with E-state index in [-0.39, 0.29) is 0 Å². The Morgan fingerprint density at radius 3 is 3.14 bits per heavy atom. The highest BCUT2D eigenvalue weighted by atomic mass is 16.4. The molecule has 4 heteroatoms. The predicted octanol–water partition coefficient (Wildman–Crippen LogP) is 1.40. The van der Waals surface area contributed by atoms with Gasteiger partial charge in [-0.1, -0.05) is 13.3 Å². The molecule has 1 aromatic rings. The summed E-state index contributed by atoms with van der Waals surface area (Å²) < 4.78 is 0. The van der Waals surface area contributed by atoms with Gasteiger partial charge in [0.25, 0.3) is 0 Å². The van der Waals surface area contributed by atoms with Crippen molar-refractivity contribution >= 4 is 5.97 Å². The van der Waals surface area contributed by atoms with Crippen LogP contribution in [-0.2, 0) is 6.42 Å². The smallest absolute Gasteiger partial charge is 0.354 e. The fourth-order valence-electron chi connectivity index (χ4n) is 2.96. The molecule has 74 valence electrons. The molecule has 0 saturated heterocycles. The summed E-state index contributed by atoms with van der Waals surface area (Å²) in [7, 11) is 0. The van der Waals surface area contributed by atoms with Crippen LogP contribution in [0.15, 0.2) is 0 Å². The molecule has 1 fully saturated rings. The monoisotopic (exact) mass is 192 g/mol. The topological polar surface area (TPSA) is 66.0 Å². The molecule has 14 heavy (non-hydrogen) atoms. The highest BCUT2D eigenvalue weighted by Gasteiger charge is 2.57. The molecule has 0 aromatic carbocycles. The molecule has 1 unspecified atom stereocenters. The standard InChI is InChI=1S/C10H12N2O2/c1-2-4-5-3-6-8(7(4)5)11-12-9(6)10(13)14/h4-5,7H,2-3H2,1H3,(H,11,12)(H,13,14)/t4?,5-,7+/m0/s1. The Labute approximate surface area is 81.3 Å². The van der Waals surface area contributed by atoms with Gasteiger partial charge >= 0.3 is 5.97 Å². The first-order valence-corrected chi connectivity index (χ1v) is 5.04. The summed E-state index contributed by atoms with van der Waals surface area (Å²) in [6.07, 6.45) is 2.10. The SMILES string of the molecule is CCC1[C@H]2c3n[nH]c(C(=O)O)c3C[C@@H]12. The third kappa shape index (κ3) is 0.786. The lowest BCUT2D eigenvalue weighted by molar-refractivity contribution is 0.0689. The second-order valence-corrected chi connectivity index (χ2v) is 4.23. The Hall–Kier alpha value is -1.32. The highest BCUT2D eigenvalue weighted by molar-refractivity contribution is 5.87. The number of carboxylic acids is 1. The molecule has 0 bridgehead atoms. The van der Waals surface area contributed by atoms with Crippen LogP contribution in [0.1, 0.15) is 41.0 Å². The van der Waals surface area contributed by atoms with Crippen LogP contribution in [0, 0.1) is 11.8 Å². The van der Waals surface area contributed by atoms with Gasteiger partial charge in [0.05, 0.1) is 5.69 Å². The summed E-state index contributed by atoms with van der Waals surface area (Å²) >= 11 is 0. The number of H-pyrrole nitrogens is 1. The zero-order chi connectivity index (χ0) is 9.87. The molecule has 0 radical (unpaired) electrons. The van der Waals surface area contributed by atoms with Crippen molar-refractivity contribution < 1.29 is 9.90 Å². The first-order chi connectivity index (χ1) is 6.74. The minimum Gasteiger partial charge on any atom is -0.477 e. The first kappa shape index (κ1) is 8.03. The van der Waals surface area contributed by atoms with Crippen LogP contribution in [0.4, 0.5) is 0 Å². The molecule has 1 aromatic heterocycles. The lowest BCUT2D eigenvalue weighted by atomic mass is 10.1. The van der Waals surface area contributed by atoms with E-state index >= 15 is 0 Å². The van der Waals surface area contributed by atoms with Gasteiger partial charge in [-0.15, -0.1) is 0 Å². The Bertz CT molecular complexity index is 410. The van der Waals surface area contributed by atoms with Gasteiger partial charge in [-0.05, 0) is 18.3 Å². The van der Waals surface area contributed by atoms with Crippen molar-refractivity contribution in [2.24, 2.45) is 11.8 Å². The number of rotatable bonds is 2. The largest absolute Gasteiger partial charge is 0.477 e. The molecule has 0 amide bonds. The van der Waals surface area contributed by atoms with E-state index in [2.05, 4.69) is 17.1 Å². The van der Waals surface area contributed by atoms with E-state index in [0.29, 0.717) is 17.5 Å². The van der Waals surface area contributed by atoms with Gasteiger partial charge < -0.3 is 5.11 Å². The maximum atomic E-state index is 10.8. The Morgan fingerprint density at radius 1 is 1.71 bits per heavy atom. The summed E-state index contributed by atoms with van der Waals surface area (Å²) in [5, 5.41) is 15.7. The Balaban J connectivity index is 1.99.